The van der Waals surface area contributed by atoms with Crippen molar-refractivity contribution in [3.63, 3.8) is 0 Å². The summed E-state index contributed by atoms with van der Waals surface area (Å²) < 4.78 is 2.10. The fraction of sp³-hybridized carbons (Fsp3) is 0.600. The second-order valence-corrected chi connectivity index (χ2v) is 6.10. The van der Waals surface area contributed by atoms with Crippen molar-refractivity contribution in [1.82, 2.24) is 14.4 Å². The Balaban J connectivity index is 2.57. The Morgan fingerprint density at radius 1 is 1.33 bits per heavy atom. The van der Waals surface area contributed by atoms with Gasteiger partial charge in [-0.1, -0.05) is 41.0 Å². The average Bonchev–Trinajstić information content (AvgIpc) is 2.74. The first kappa shape index (κ1) is 13.1. The predicted octanol–water partition coefficient (Wildman–Crippen LogP) is 3.93. The number of imidazole rings is 1. The standard InChI is InChI=1S/C15H23N3/c1-6-7-11(2)12-10-13-16-8-9-18(13)14(17-12)15(3,4)5/h8-11H,6-7H2,1-5H3. The quantitative estimate of drug-likeness (QED) is 0.820. The molecule has 0 bridgehead atoms. The van der Waals surface area contributed by atoms with Crippen LogP contribution in [0.15, 0.2) is 18.5 Å². The molecule has 0 fully saturated rings. The number of rotatable bonds is 3. The normalized spacial score (nSPS) is 14.1. The first-order valence-electron chi connectivity index (χ1n) is 6.78. The first-order chi connectivity index (χ1) is 8.43. The molecule has 1 unspecified atom stereocenters. The molecule has 0 saturated carbocycles. The van der Waals surface area contributed by atoms with Crippen LogP contribution in [0.25, 0.3) is 5.65 Å². The number of hydrogen-bond donors (Lipinski definition) is 0. The van der Waals surface area contributed by atoms with Gasteiger partial charge in [0.2, 0.25) is 0 Å². The molecular weight excluding hydrogens is 222 g/mol. The Morgan fingerprint density at radius 3 is 2.67 bits per heavy atom. The van der Waals surface area contributed by atoms with Crippen molar-refractivity contribution >= 4 is 5.65 Å². The van der Waals surface area contributed by atoms with Crippen LogP contribution in [0.2, 0.25) is 0 Å². The molecule has 2 aromatic heterocycles. The van der Waals surface area contributed by atoms with Gasteiger partial charge in [0.05, 0.1) is 0 Å². The summed E-state index contributed by atoms with van der Waals surface area (Å²) in [7, 11) is 0. The lowest BCUT2D eigenvalue weighted by Gasteiger charge is -2.21. The van der Waals surface area contributed by atoms with Gasteiger partial charge in [0, 0.05) is 29.6 Å². The van der Waals surface area contributed by atoms with E-state index in [1.807, 2.05) is 12.4 Å². The highest BCUT2D eigenvalue weighted by molar-refractivity contribution is 5.42. The van der Waals surface area contributed by atoms with Gasteiger partial charge in [-0.15, -0.1) is 0 Å². The fourth-order valence-electron chi connectivity index (χ4n) is 2.30. The van der Waals surface area contributed by atoms with Crippen molar-refractivity contribution in [3.05, 3.63) is 30.0 Å². The Labute approximate surface area is 109 Å². The molecule has 0 aliphatic heterocycles. The third-order valence-electron chi connectivity index (χ3n) is 3.31. The third kappa shape index (κ3) is 2.40. The Bertz CT molecular complexity index is 534. The van der Waals surface area contributed by atoms with E-state index >= 15 is 0 Å². The highest BCUT2D eigenvalue weighted by Crippen LogP contribution is 2.26. The minimum Gasteiger partial charge on any atom is -0.287 e. The van der Waals surface area contributed by atoms with Gasteiger partial charge in [0.25, 0.3) is 0 Å². The molecule has 3 nitrogen and oxygen atoms in total. The van der Waals surface area contributed by atoms with Crippen molar-refractivity contribution in [3.8, 4) is 0 Å². The molecule has 2 heterocycles. The molecule has 0 radical (unpaired) electrons. The van der Waals surface area contributed by atoms with Crippen molar-refractivity contribution in [1.29, 1.82) is 0 Å². The molecule has 1 atom stereocenters. The summed E-state index contributed by atoms with van der Waals surface area (Å²) in [6.45, 7) is 11.1. The third-order valence-corrected chi connectivity index (χ3v) is 3.31. The van der Waals surface area contributed by atoms with Gasteiger partial charge in [0.1, 0.15) is 11.5 Å². The summed E-state index contributed by atoms with van der Waals surface area (Å²) in [5.41, 5.74) is 2.20. The van der Waals surface area contributed by atoms with Crippen LogP contribution in [-0.4, -0.2) is 14.4 Å². The zero-order valence-corrected chi connectivity index (χ0v) is 12.1. The maximum absolute atomic E-state index is 4.89. The van der Waals surface area contributed by atoms with E-state index in [-0.39, 0.29) is 5.41 Å². The zero-order chi connectivity index (χ0) is 13.3. The lowest BCUT2D eigenvalue weighted by molar-refractivity contribution is 0.525. The smallest absolute Gasteiger partial charge is 0.139 e. The van der Waals surface area contributed by atoms with E-state index in [1.165, 1.54) is 18.5 Å². The Hall–Kier alpha value is -1.38. The maximum Gasteiger partial charge on any atom is 0.139 e. The summed E-state index contributed by atoms with van der Waals surface area (Å²) in [4.78, 5) is 9.30. The molecule has 0 saturated heterocycles. The van der Waals surface area contributed by atoms with Crippen LogP contribution in [0.1, 0.15) is 64.9 Å². The summed E-state index contributed by atoms with van der Waals surface area (Å²) in [6.07, 6.45) is 6.21. The van der Waals surface area contributed by atoms with Crippen LogP contribution >= 0.6 is 0 Å². The van der Waals surface area contributed by atoms with E-state index in [9.17, 15) is 0 Å². The molecular formula is C15H23N3. The molecule has 0 aliphatic rings. The molecule has 2 aromatic rings. The topological polar surface area (TPSA) is 30.2 Å². The summed E-state index contributed by atoms with van der Waals surface area (Å²) in [5.74, 6) is 1.59. The molecule has 0 N–H and O–H groups in total. The lowest BCUT2D eigenvalue weighted by Crippen LogP contribution is -2.20. The Kier molecular flexibility index (Phi) is 3.42. The predicted molar refractivity (Wildman–Crippen MR) is 75.0 cm³/mol. The van der Waals surface area contributed by atoms with E-state index in [4.69, 9.17) is 4.98 Å². The number of aromatic nitrogens is 3. The number of hydrogen-bond acceptors (Lipinski definition) is 2. The molecule has 18 heavy (non-hydrogen) atoms. The first-order valence-corrected chi connectivity index (χ1v) is 6.78. The summed E-state index contributed by atoms with van der Waals surface area (Å²) in [5, 5.41) is 0. The van der Waals surface area contributed by atoms with Gasteiger partial charge in [-0.25, -0.2) is 9.97 Å². The van der Waals surface area contributed by atoms with Crippen molar-refractivity contribution in [2.24, 2.45) is 0 Å². The van der Waals surface area contributed by atoms with E-state index in [2.05, 4.69) is 50.1 Å². The second kappa shape index (κ2) is 4.71. The molecule has 0 amide bonds. The van der Waals surface area contributed by atoms with Gasteiger partial charge < -0.3 is 0 Å². The molecule has 98 valence electrons. The van der Waals surface area contributed by atoms with Crippen molar-refractivity contribution in [2.75, 3.05) is 0 Å². The molecule has 2 rings (SSSR count). The number of fused-ring (bicyclic) bond motifs is 1. The number of nitrogens with zero attached hydrogens (tertiary/aromatic N) is 3. The van der Waals surface area contributed by atoms with Crippen LogP contribution < -0.4 is 0 Å². The maximum atomic E-state index is 4.89. The van der Waals surface area contributed by atoms with Crippen LogP contribution in [0.5, 0.6) is 0 Å². The molecule has 3 heteroatoms. The van der Waals surface area contributed by atoms with E-state index < -0.39 is 0 Å². The largest absolute Gasteiger partial charge is 0.287 e. The van der Waals surface area contributed by atoms with Gasteiger partial charge in [0.15, 0.2) is 0 Å². The van der Waals surface area contributed by atoms with E-state index in [0.29, 0.717) is 5.92 Å². The van der Waals surface area contributed by atoms with Crippen LogP contribution in [0, 0.1) is 0 Å². The van der Waals surface area contributed by atoms with Gasteiger partial charge in [-0.3, -0.25) is 4.40 Å². The van der Waals surface area contributed by atoms with E-state index in [1.54, 1.807) is 0 Å². The highest BCUT2D eigenvalue weighted by atomic mass is 15.1. The lowest BCUT2D eigenvalue weighted by atomic mass is 9.94. The minimum atomic E-state index is 0.0287. The Morgan fingerprint density at radius 2 is 2.06 bits per heavy atom. The molecule has 0 aliphatic carbocycles. The zero-order valence-electron chi connectivity index (χ0n) is 12.1. The molecule has 0 aromatic carbocycles. The van der Waals surface area contributed by atoms with Gasteiger partial charge >= 0.3 is 0 Å². The highest BCUT2D eigenvalue weighted by Gasteiger charge is 2.21. The van der Waals surface area contributed by atoms with Gasteiger partial charge in [-0.05, 0) is 12.3 Å². The summed E-state index contributed by atoms with van der Waals surface area (Å²) >= 11 is 0. The fourth-order valence-corrected chi connectivity index (χ4v) is 2.30. The SMILES string of the molecule is CCCC(C)c1cc2nccn2c(C(C)(C)C)n1. The van der Waals surface area contributed by atoms with Crippen LogP contribution in [-0.2, 0) is 5.41 Å². The van der Waals surface area contributed by atoms with Crippen molar-refractivity contribution < 1.29 is 0 Å². The summed E-state index contributed by atoms with van der Waals surface area (Å²) in [6, 6.07) is 2.12. The monoisotopic (exact) mass is 245 g/mol. The molecule has 0 spiro atoms. The minimum absolute atomic E-state index is 0.0287. The van der Waals surface area contributed by atoms with Crippen molar-refractivity contribution in [2.45, 2.75) is 58.8 Å². The average molecular weight is 245 g/mol. The van der Waals surface area contributed by atoms with Gasteiger partial charge in [-0.2, -0.15) is 0 Å². The van der Waals surface area contributed by atoms with Crippen LogP contribution in [0.3, 0.4) is 0 Å². The van der Waals surface area contributed by atoms with E-state index in [0.717, 1.165) is 11.5 Å². The van der Waals surface area contributed by atoms with Crippen LogP contribution in [0.4, 0.5) is 0 Å². The second-order valence-electron chi connectivity index (χ2n) is 6.10.